The van der Waals surface area contributed by atoms with Crippen LogP contribution < -0.4 is 5.32 Å². The van der Waals surface area contributed by atoms with Gasteiger partial charge in [-0.2, -0.15) is 0 Å². The summed E-state index contributed by atoms with van der Waals surface area (Å²) < 4.78 is 5.51. The van der Waals surface area contributed by atoms with E-state index < -0.39 is 0 Å². The number of carbonyl (C=O) groups is 1. The standard InChI is InChI=1S/C15H20ClNO2S/c16-13-4-6-14(7-5-13)20-11-15(18)17-8-1-9-19-10-12-2-3-12/h4-7,12H,1-3,8-11H2,(H,17,18). The highest BCUT2D eigenvalue weighted by Crippen LogP contribution is 2.28. The molecule has 0 aliphatic heterocycles. The fraction of sp³-hybridized carbons (Fsp3) is 0.533. The van der Waals surface area contributed by atoms with Crippen LogP contribution in [-0.4, -0.2) is 31.4 Å². The van der Waals surface area contributed by atoms with Crippen molar-refractivity contribution in [2.45, 2.75) is 24.2 Å². The minimum absolute atomic E-state index is 0.0622. The summed E-state index contributed by atoms with van der Waals surface area (Å²) in [4.78, 5) is 12.7. The minimum Gasteiger partial charge on any atom is -0.381 e. The molecule has 0 heterocycles. The fourth-order valence-electron chi connectivity index (χ4n) is 1.67. The Bertz CT molecular complexity index is 420. The van der Waals surface area contributed by atoms with Crippen LogP contribution in [0.25, 0.3) is 0 Å². The molecule has 0 spiro atoms. The molecule has 110 valence electrons. The van der Waals surface area contributed by atoms with Crippen LogP contribution in [0, 0.1) is 5.92 Å². The van der Waals surface area contributed by atoms with Gasteiger partial charge in [-0.05, 0) is 49.4 Å². The summed E-state index contributed by atoms with van der Waals surface area (Å²) in [6.45, 7) is 2.31. The van der Waals surface area contributed by atoms with Gasteiger partial charge in [0, 0.05) is 29.7 Å². The van der Waals surface area contributed by atoms with Crippen LogP contribution in [0.1, 0.15) is 19.3 Å². The van der Waals surface area contributed by atoms with E-state index in [2.05, 4.69) is 5.32 Å². The summed E-state index contributed by atoms with van der Waals surface area (Å²) in [6.07, 6.45) is 3.52. The topological polar surface area (TPSA) is 38.3 Å². The number of nitrogens with one attached hydrogen (secondary N) is 1. The zero-order valence-corrected chi connectivity index (χ0v) is 13.0. The van der Waals surface area contributed by atoms with Gasteiger partial charge >= 0.3 is 0 Å². The highest BCUT2D eigenvalue weighted by Gasteiger charge is 2.20. The van der Waals surface area contributed by atoms with Gasteiger partial charge in [0.1, 0.15) is 0 Å². The van der Waals surface area contributed by atoms with E-state index in [4.69, 9.17) is 16.3 Å². The Morgan fingerprint density at radius 1 is 1.35 bits per heavy atom. The number of hydrogen-bond donors (Lipinski definition) is 1. The molecule has 0 radical (unpaired) electrons. The van der Waals surface area contributed by atoms with Gasteiger partial charge in [0.15, 0.2) is 0 Å². The predicted octanol–water partition coefficient (Wildman–Crippen LogP) is 3.37. The lowest BCUT2D eigenvalue weighted by atomic mass is 10.4. The van der Waals surface area contributed by atoms with Crippen LogP contribution in [0.3, 0.4) is 0 Å². The van der Waals surface area contributed by atoms with Gasteiger partial charge in [-0.25, -0.2) is 0 Å². The second kappa shape index (κ2) is 8.55. The third kappa shape index (κ3) is 6.64. The van der Waals surface area contributed by atoms with E-state index in [0.717, 1.165) is 30.4 Å². The number of ether oxygens (including phenoxy) is 1. The molecule has 20 heavy (non-hydrogen) atoms. The zero-order valence-electron chi connectivity index (χ0n) is 11.4. The number of rotatable bonds is 9. The molecule has 0 bridgehead atoms. The summed E-state index contributed by atoms with van der Waals surface area (Å²) in [5.74, 6) is 1.30. The molecule has 1 aliphatic rings. The maximum Gasteiger partial charge on any atom is 0.230 e. The smallest absolute Gasteiger partial charge is 0.230 e. The van der Waals surface area contributed by atoms with Crippen LogP contribution in [0.5, 0.6) is 0 Å². The third-order valence-corrected chi connectivity index (χ3v) is 4.29. The summed E-state index contributed by atoms with van der Waals surface area (Å²) in [5.41, 5.74) is 0. The summed E-state index contributed by atoms with van der Waals surface area (Å²) in [5, 5.41) is 3.62. The van der Waals surface area contributed by atoms with Crippen molar-refractivity contribution < 1.29 is 9.53 Å². The van der Waals surface area contributed by atoms with Crippen LogP contribution in [0.15, 0.2) is 29.2 Å². The number of benzene rings is 1. The van der Waals surface area contributed by atoms with E-state index in [-0.39, 0.29) is 5.91 Å². The van der Waals surface area contributed by atoms with Gasteiger partial charge in [0.05, 0.1) is 5.75 Å². The molecule has 5 heteroatoms. The average Bonchev–Trinajstić information content (AvgIpc) is 3.26. The first kappa shape index (κ1) is 15.7. The molecule has 1 aromatic rings. The monoisotopic (exact) mass is 313 g/mol. The molecular formula is C15H20ClNO2S. The molecule has 1 amide bonds. The van der Waals surface area contributed by atoms with E-state index in [1.165, 1.54) is 24.6 Å². The van der Waals surface area contributed by atoms with Gasteiger partial charge < -0.3 is 10.1 Å². The summed E-state index contributed by atoms with van der Waals surface area (Å²) in [6, 6.07) is 7.51. The van der Waals surface area contributed by atoms with Gasteiger partial charge in [-0.3, -0.25) is 4.79 Å². The third-order valence-electron chi connectivity index (χ3n) is 3.02. The molecule has 1 aromatic carbocycles. The molecular weight excluding hydrogens is 294 g/mol. The van der Waals surface area contributed by atoms with Gasteiger partial charge in [-0.15, -0.1) is 11.8 Å². The maximum absolute atomic E-state index is 11.6. The van der Waals surface area contributed by atoms with E-state index >= 15 is 0 Å². The van der Waals surface area contributed by atoms with E-state index in [1.807, 2.05) is 24.3 Å². The summed E-state index contributed by atoms with van der Waals surface area (Å²) in [7, 11) is 0. The molecule has 0 atom stereocenters. The van der Waals surface area contributed by atoms with Crippen molar-refractivity contribution in [1.29, 1.82) is 0 Å². The maximum atomic E-state index is 11.6. The van der Waals surface area contributed by atoms with Crippen molar-refractivity contribution in [2.75, 3.05) is 25.5 Å². The first-order valence-electron chi connectivity index (χ1n) is 6.97. The van der Waals surface area contributed by atoms with Crippen molar-refractivity contribution in [3.63, 3.8) is 0 Å². The summed E-state index contributed by atoms with van der Waals surface area (Å²) >= 11 is 7.32. The lowest BCUT2D eigenvalue weighted by Gasteiger charge is -2.06. The number of carbonyl (C=O) groups excluding carboxylic acids is 1. The van der Waals surface area contributed by atoms with Gasteiger partial charge in [0.2, 0.25) is 5.91 Å². The molecule has 1 aliphatic carbocycles. The largest absolute Gasteiger partial charge is 0.381 e. The first-order chi connectivity index (χ1) is 9.74. The molecule has 0 saturated heterocycles. The van der Waals surface area contributed by atoms with Crippen molar-refractivity contribution in [2.24, 2.45) is 5.92 Å². The van der Waals surface area contributed by atoms with Crippen LogP contribution in [0.4, 0.5) is 0 Å². The van der Waals surface area contributed by atoms with Crippen molar-refractivity contribution >= 4 is 29.3 Å². The molecule has 0 unspecified atom stereocenters. The molecule has 1 saturated carbocycles. The van der Waals surface area contributed by atoms with Crippen molar-refractivity contribution in [3.05, 3.63) is 29.3 Å². The average molecular weight is 314 g/mol. The van der Waals surface area contributed by atoms with Crippen LogP contribution in [0.2, 0.25) is 5.02 Å². The van der Waals surface area contributed by atoms with E-state index in [9.17, 15) is 4.79 Å². The first-order valence-corrected chi connectivity index (χ1v) is 8.33. The van der Waals surface area contributed by atoms with E-state index in [0.29, 0.717) is 17.3 Å². The highest BCUT2D eigenvalue weighted by molar-refractivity contribution is 8.00. The van der Waals surface area contributed by atoms with Crippen molar-refractivity contribution in [1.82, 2.24) is 5.32 Å². The zero-order chi connectivity index (χ0) is 14.2. The molecule has 0 aromatic heterocycles. The quantitative estimate of drug-likeness (QED) is 0.561. The lowest BCUT2D eigenvalue weighted by molar-refractivity contribution is -0.118. The number of thioether (sulfide) groups is 1. The fourth-order valence-corrected chi connectivity index (χ4v) is 2.52. The number of halogens is 1. The normalized spacial score (nSPS) is 14.2. The Morgan fingerprint density at radius 2 is 2.10 bits per heavy atom. The number of hydrogen-bond acceptors (Lipinski definition) is 3. The highest BCUT2D eigenvalue weighted by atomic mass is 35.5. The Morgan fingerprint density at radius 3 is 2.80 bits per heavy atom. The second-order valence-corrected chi connectivity index (χ2v) is 6.45. The van der Waals surface area contributed by atoms with E-state index in [1.54, 1.807) is 0 Å². The van der Waals surface area contributed by atoms with Gasteiger partial charge in [0.25, 0.3) is 0 Å². The molecule has 1 fully saturated rings. The molecule has 1 N–H and O–H groups in total. The predicted molar refractivity (Wildman–Crippen MR) is 83.3 cm³/mol. The van der Waals surface area contributed by atoms with Crippen molar-refractivity contribution in [3.8, 4) is 0 Å². The minimum atomic E-state index is 0.0622. The number of amides is 1. The Hall–Kier alpha value is -0.710. The molecule has 2 rings (SSSR count). The Labute approximate surface area is 129 Å². The SMILES string of the molecule is O=C(CSc1ccc(Cl)cc1)NCCCOCC1CC1. The Balaban J connectivity index is 1.48. The van der Waals surface area contributed by atoms with Gasteiger partial charge in [-0.1, -0.05) is 11.6 Å². The Kier molecular flexibility index (Phi) is 6.70. The van der Waals surface area contributed by atoms with Crippen LogP contribution >= 0.6 is 23.4 Å². The second-order valence-electron chi connectivity index (χ2n) is 4.96. The lowest BCUT2D eigenvalue weighted by Crippen LogP contribution is -2.26. The van der Waals surface area contributed by atoms with Crippen LogP contribution in [-0.2, 0) is 9.53 Å². The molecule has 3 nitrogen and oxygen atoms in total.